The predicted molar refractivity (Wildman–Crippen MR) is 97.6 cm³/mol. The molecule has 8 nitrogen and oxygen atoms in total. The van der Waals surface area contributed by atoms with E-state index >= 15 is 0 Å². The molecule has 0 spiro atoms. The van der Waals surface area contributed by atoms with Crippen molar-refractivity contribution in [3.63, 3.8) is 0 Å². The Morgan fingerprint density at radius 2 is 2.00 bits per heavy atom. The summed E-state index contributed by atoms with van der Waals surface area (Å²) in [6.07, 6.45) is 8.25. The standard InChI is InChI=1S/C19H28N4O4/c1-22-11-13(10-21-22)16-14(6-7-15(24)23(16)2)17(25)20-12-19(18(26)27)8-4-3-5-9-19/h10-11,14,16H,3-9,12H2,1-2H3,(H,20,25)(H,26,27). The van der Waals surface area contributed by atoms with Crippen LogP contribution in [0.25, 0.3) is 0 Å². The summed E-state index contributed by atoms with van der Waals surface area (Å²) in [6, 6.07) is -0.382. The van der Waals surface area contributed by atoms with E-state index in [2.05, 4.69) is 10.4 Å². The molecule has 8 heteroatoms. The fourth-order valence-corrected chi connectivity index (χ4v) is 4.44. The number of piperidine rings is 1. The lowest BCUT2D eigenvalue weighted by Crippen LogP contribution is -2.50. The molecule has 1 aromatic rings. The first-order valence-electron chi connectivity index (χ1n) is 9.59. The van der Waals surface area contributed by atoms with Crippen molar-refractivity contribution < 1.29 is 19.5 Å². The molecule has 3 rings (SSSR count). The Hall–Kier alpha value is -2.38. The van der Waals surface area contributed by atoms with Crippen LogP contribution in [-0.2, 0) is 21.4 Å². The smallest absolute Gasteiger partial charge is 0.311 e. The number of hydrogen-bond acceptors (Lipinski definition) is 4. The van der Waals surface area contributed by atoms with Gasteiger partial charge in [0.05, 0.1) is 23.6 Å². The molecule has 2 aliphatic rings. The monoisotopic (exact) mass is 376 g/mol. The topological polar surface area (TPSA) is 105 Å². The van der Waals surface area contributed by atoms with E-state index in [0.717, 1.165) is 24.8 Å². The zero-order chi connectivity index (χ0) is 19.6. The molecule has 2 heterocycles. The van der Waals surface area contributed by atoms with Gasteiger partial charge in [0, 0.05) is 38.8 Å². The highest BCUT2D eigenvalue weighted by Crippen LogP contribution is 2.38. The lowest BCUT2D eigenvalue weighted by Gasteiger charge is -2.39. The summed E-state index contributed by atoms with van der Waals surface area (Å²) < 4.78 is 1.65. The van der Waals surface area contributed by atoms with E-state index in [9.17, 15) is 19.5 Å². The summed E-state index contributed by atoms with van der Waals surface area (Å²) in [5.74, 6) is -1.43. The molecule has 1 aliphatic carbocycles. The zero-order valence-electron chi connectivity index (χ0n) is 16.0. The van der Waals surface area contributed by atoms with Gasteiger partial charge in [-0.05, 0) is 19.3 Å². The maximum absolute atomic E-state index is 13.0. The third-order valence-corrected chi connectivity index (χ3v) is 6.13. The summed E-state index contributed by atoms with van der Waals surface area (Å²) in [6.45, 7) is 0.148. The Balaban J connectivity index is 1.75. The van der Waals surface area contributed by atoms with Crippen LogP contribution in [0.1, 0.15) is 56.6 Å². The van der Waals surface area contributed by atoms with Gasteiger partial charge in [0.15, 0.2) is 0 Å². The van der Waals surface area contributed by atoms with Gasteiger partial charge >= 0.3 is 5.97 Å². The second-order valence-corrected chi connectivity index (χ2v) is 7.91. The number of rotatable bonds is 5. The molecular weight excluding hydrogens is 348 g/mol. The van der Waals surface area contributed by atoms with Crippen molar-refractivity contribution in [1.29, 1.82) is 0 Å². The number of amides is 2. The average Bonchev–Trinajstić information content (AvgIpc) is 3.08. The summed E-state index contributed by atoms with van der Waals surface area (Å²) in [5.41, 5.74) is -0.0486. The van der Waals surface area contributed by atoms with Crippen LogP contribution in [0.2, 0.25) is 0 Å². The second kappa shape index (κ2) is 7.70. The van der Waals surface area contributed by atoms with Crippen molar-refractivity contribution in [2.75, 3.05) is 13.6 Å². The molecular formula is C19H28N4O4. The van der Waals surface area contributed by atoms with Crippen LogP contribution in [0.4, 0.5) is 0 Å². The fraction of sp³-hybridized carbons (Fsp3) is 0.684. The number of aromatic nitrogens is 2. The van der Waals surface area contributed by atoms with E-state index in [-0.39, 0.29) is 24.4 Å². The van der Waals surface area contributed by atoms with Gasteiger partial charge in [-0.1, -0.05) is 19.3 Å². The highest BCUT2D eigenvalue weighted by atomic mass is 16.4. The Morgan fingerprint density at radius 3 is 2.59 bits per heavy atom. The molecule has 1 aromatic heterocycles. The number of nitrogens with one attached hydrogen (secondary N) is 1. The van der Waals surface area contributed by atoms with Crippen molar-refractivity contribution in [2.24, 2.45) is 18.4 Å². The van der Waals surface area contributed by atoms with Gasteiger partial charge in [-0.2, -0.15) is 5.10 Å². The molecule has 2 fully saturated rings. The minimum absolute atomic E-state index is 0.00203. The third kappa shape index (κ3) is 3.84. The first-order chi connectivity index (χ1) is 12.8. The van der Waals surface area contributed by atoms with E-state index in [1.807, 2.05) is 6.20 Å². The number of aliphatic carboxylic acids is 1. The van der Waals surface area contributed by atoms with Gasteiger partial charge in [-0.25, -0.2) is 0 Å². The van der Waals surface area contributed by atoms with Crippen molar-refractivity contribution in [3.8, 4) is 0 Å². The zero-order valence-corrected chi connectivity index (χ0v) is 16.0. The highest BCUT2D eigenvalue weighted by Gasteiger charge is 2.43. The Kier molecular flexibility index (Phi) is 5.53. The highest BCUT2D eigenvalue weighted by molar-refractivity contribution is 5.85. The molecule has 1 saturated heterocycles. The molecule has 148 valence electrons. The SMILES string of the molecule is CN1C(=O)CCC(C(=O)NCC2(C(=O)O)CCCCC2)C1c1cnn(C)c1. The molecule has 27 heavy (non-hydrogen) atoms. The van der Waals surface area contributed by atoms with Crippen LogP contribution in [0.15, 0.2) is 12.4 Å². The van der Waals surface area contributed by atoms with Crippen LogP contribution >= 0.6 is 0 Å². The van der Waals surface area contributed by atoms with Gasteiger partial charge in [-0.15, -0.1) is 0 Å². The van der Waals surface area contributed by atoms with Gasteiger partial charge in [-0.3, -0.25) is 19.1 Å². The molecule has 1 saturated carbocycles. The van der Waals surface area contributed by atoms with E-state index in [0.29, 0.717) is 25.7 Å². The Bertz CT molecular complexity index is 723. The number of carboxylic acid groups (broad SMARTS) is 1. The van der Waals surface area contributed by atoms with Crippen molar-refractivity contribution >= 4 is 17.8 Å². The maximum Gasteiger partial charge on any atom is 0.311 e. The Morgan fingerprint density at radius 1 is 1.30 bits per heavy atom. The largest absolute Gasteiger partial charge is 0.481 e. The van der Waals surface area contributed by atoms with Gasteiger partial charge in [0.2, 0.25) is 11.8 Å². The quantitative estimate of drug-likeness (QED) is 0.810. The second-order valence-electron chi connectivity index (χ2n) is 7.91. The number of likely N-dealkylation sites (tertiary alicyclic amines) is 1. The lowest BCUT2D eigenvalue weighted by molar-refractivity contribution is -0.151. The number of aryl methyl sites for hydroxylation is 1. The van der Waals surface area contributed by atoms with Crippen LogP contribution < -0.4 is 5.32 Å². The van der Waals surface area contributed by atoms with Crippen molar-refractivity contribution in [3.05, 3.63) is 18.0 Å². The normalized spacial score (nSPS) is 25.3. The first kappa shape index (κ1) is 19.4. The first-order valence-corrected chi connectivity index (χ1v) is 9.59. The molecule has 2 N–H and O–H groups in total. The van der Waals surface area contributed by atoms with Crippen LogP contribution in [-0.4, -0.2) is 51.2 Å². The lowest BCUT2D eigenvalue weighted by atomic mass is 9.74. The molecule has 2 unspecified atom stereocenters. The van der Waals surface area contributed by atoms with Crippen LogP contribution in [0.3, 0.4) is 0 Å². The summed E-state index contributed by atoms with van der Waals surface area (Å²) in [4.78, 5) is 38.6. The molecule has 0 radical (unpaired) electrons. The number of carbonyl (C=O) groups is 3. The average molecular weight is 376 g/mol. The number of hydrogen-bond donors (Lipinski definition) is 2. The van der Waals surface area contributed by atoms with E-state index in [1.54, 1.807) is 29.9 Å². The van der Waals surface area contributed by atoms with E-state index < -0.39 is 17.3 Å². The molecule has 2 amide bonds. The number of nitrogens with zero attached hydrogens (tertiary/aromatic N) is 3. The Labute approximate surface area is 158 Å². The summed E-state index contributed by atoms with van der Waals surface area (Å²) in [5, 5.41) is 16.8. The van der Waals surface area contributed by atoms with E-state index in [1.165, 1.54) is 0 Å². The van der Waals surface area contributed by atoms with Gasteiger partial charge < -0.3 is 15.3 Å². The molecule has 0 bridgehead atoms. The number of carbonyl (C=O) groups excluding carboxylic acids is 2. The van der Waals surface area contributed by atoms with Crippen LogP contribution in [0.5, 0.6) is 0 Å². The van der Waals surface area contributed by atoms with Crippen molar-refractivity contribution in [1.82, 2.24) is 20.0 Å². The minimum Gasteiger partial charge on any atom is -0.481 e. The van der Waals surface area contributed by atoms with Crippen molar-refractivity contribution in [2.45, 2.75) is 51.0 Å². The predicted octanol–water partition coefficient (Wildman–Crippen LogP) is 1.48. The van der Waals surface area contributed by atoms with Gasteiger partial charge in [0.1, 0.15) is 0 Å². The van der Waals surface area contributed by atoms with E-state index in [4.69, 9.17) is 0 Å². The van der Waals surface area contributed by atoms with Gasteiger partial charge in [0.25, 0.3) is 0 Å². The summed E-state index contributed by atoms with van der Waals surface area (Å²) in [7, 11) is 3.50. The fourth-order valence-electron chi connectivity index (χ4n) is 4.44. The maximum atomic E-state index is 13.0. The molecule has 1 aliphatic heterocycles. The minimum atomic E-state index is -0.867. The molecule has 2 atom stereocenters. The summed E-state index contributed by atoms with van der Waals surface area (Å²) >= 11 is 0. The third-order valence-electron chi connectivity index (χ3n) is 6.13. The molecule has 0 aromatic carbocycles. The number of carboxylic acids is 1. The van der Waals surface area contributed by atoms with Crippen LogP contribution in [0, 0.1) is 11.3 Å².